The van der Waals surface area contributed by atoms with Gasteiger partial charge < -0.3 is 29.2 Å². The van der Waals surface area contributed by atoms with Crippen LogP contribution in [0.2, 0.25) is 0 Å². The topological polar surface area (TPSA) is 95.3 Å². The molecule has 1 aromatic heterocycles. The molecule has 9 nitrogen and oxygen atoms in total. The number of para-hydroxylation sites is 1. The molecule has 1 N–H and O–H groups in total. The van der Waals surface area contributed by atoms with Crippen LogP contribution in [-0.2, 0) is 4.74 Å². The molecule has 2 aliphatic heterocycles. The standard InChI is InChI=1S/C26H28N4O5/c1-28-9-11-29(12-10-28)21-4-2-3-20-22(31)17-23(35-24(20)21)25(32)27-19-7-5-18(6-8-19)26(33)30-13-15-34-16-14-30/h2-8,17H,9-16H2,1H3,(H,27,32). The normalized spacial score (nSPS) is 16.9. The summed E-state index contributed by atoms with van der Waals surface area (Å²) in [7, 11) is 2.08. The molecule has 0 radical (unpaired) electrons. The van der Waals surface area contributed by atoms with Gasteiger partial charge in [-0.15, -0.1) is 0 Å². The minimum Gasteiger partial charge on any atom is -0.448 e. The van der Waals surface area contributed by atoms with Crippen LogP contribution >= 0.6 is 0 Å². The van der Waals surface area contributed by atoms with Crippen molar-refractivity contribution in [3.63, 3.8) is 0 Å². The molecular weight excluding hydrogens is 448 g/mol. The Morgan fingerprint density at radius 3 is 2.34 bits per heavy atom. The van der Waals surface area contributed by atoms with Crippen molar-refractivity contribution in [2.45, 2.75) is 0 Å². The summed E-state index contributed by atoms with van der Waals surface area (Å²) in [5.41, 5.74) is 2.01. The highest BCUT2D eigenvalue weighted by Crippen LogP contribution is 2.27. The summed E-state index contributed by atoms with van der Waals surface area (Å²) < 4.78 is 11.3. The number of rotatable bonds is 4. The molecule has 0 bridgehead atoms. The maximum absolute atomic E-state index is 13.0. The molecule has 2 aromatic carbocycles. The number of anilines is 2. The van der Waals surface area contributed by atoms with Gasteiger partial charge in [-0.05, 0) is 43.4 Å². The van der Waals surface area contributed by atoms with E-state index in [0.29, 0.717) is 48.5 Å². The average molecular weight is 477 g/mol. The lowest BCUT2D eigenvalue weighted by Gasteiger charge is -2.34. The van der Waals surface area contributed by atoms with E-state index in [1.165, 1.54) is 6.07 Å². The molecule has 9 heteroatoms. The molecule has 0 atom stereocenters. The van der Waals surface area contributed by atoms with E-state index >= 15 is 0 Å². The Bertz CT molecular complexity index is 1290. The van der Waals surface area contributed by atoms with E-state index in [1.807, 2.05) is 12.1 Å². The third kappa shape index (κ3) is 4.91. The van der Waals surface area contributed by atoms with E-state index in [0.717, 1.165) is 31.9 Å². The molecule has 0 spiro atoms. The van der Waals surface area contributed by atoms with Crippen LogP contribution in [-0.4, -0.2) is 81.1 Å². The number of fused-ring (bicyclic) bond motifs is 1. The Hall–Kier alpha value is -3.69. The van der Waals surface area contributed by atoms with E-state index in [-0.39, 0.29) is 17.1 Å². The molecular formula is C26H28N4O5. The molecule has 2 aliphatic rings. The highest BCUT2D eigenvalue weighted by molar-refractivity contribution is 6.04. The molecule has 0 saturated carbocycles. The van der Waals surface area contributed by atoms with Gasteiger partial charge in [0.25, 0.3) is 11.8 Å². The minimum atomic E-state index is -0.524. The van der Waals surface area contributed by atoms with Gasteiger partial charge in [-0.1, -0.05) is 6.07 Å². The summed E-state index contributed by atoms with van der Waals surface area (Å²) in [6.07, 6.45) is 0. The van der Waals surface area contributed by atoms with Gasteiger partial charge in [-0.3, -0.25) is 14.4 Å². The number of hydrogen-bond donors (Lipinski definition) is 1. The van der Waals surface area contributed by atoms with Gasteiger partial charge in [-0.2, -0.15) is 0 Å². The van der Waals surface area contributed by atoms with Crippen molar-refractivity contribution in [1.82, 2.24) is 9.80 Å². The first-order chi connectivity index (χ1) is 17.0. The summed E-state index contributed by atoms with van der Waals surface area (Å²) in [5, 5.41) is 3.21. The highest BCUT2D eigenvalue weighted by Gasteiger charge is 2.21. The zero-order chi connectivity index (χ0) is 24.4. The minimum absolute atomic E-state index is 0.0578. The van der Waals surface area contributed by atoms with Crippen molar-refractivity contribution >= 4 is 34.2 Å². The molecule has 3 aromatic rings. The predicted octanol–water partition coefficient (Wildman–Crippen LogP) is 2.27. The van der Waals surface area contributed by atoms with E-state index in [9.17, 15) is 14.4 Å². The number of carbonyl (C=O) groups excluding carboxylic acids is 2. The van der Waals surface area contributed by atoms with Crippen molar-refractivity contribution in [2.24, 2.45) is 0 Å². The van der Waals surface area contributed by atoms with Crippen molar-refractivity contribution in [3.8, 4) is 0 Å². The van der Waals surface area contributed by atoms with Crippen molar-refractivity contribution in [3.05, 3.63) is 70.1 Å². The molecule has 5 rings (SSSR count). The molecule has 35 heavy (non-hydrogen) atoms. The van der Waals surface area contributed by atoms with Crippen molar-refractivity contribution in [2.75, 3.05) is 69.7 Å². The number of nitrogens with zero attached hydrogens (tertiary/aromatic N) is 3. The van der Waals surface area contributed by atoms with E-state index in [1.54, 1.807) is 35.2 Å². The van der Waals surface area contributed by atoms with Crippen LogP contribution < -0.4 is 15.6 Å². The molecule has 182 valence electrons. The molecule has 2 fully saturated rings. The van der Waals surface area contributed by atoms with Gasteiger partial charge in [-0.25, -0.2) is 0 Å². The molecule has 0 unspecified atom stereocenters. The third-order valence-electron chi connectivity index (χ3n) is 6.49. The van der Waals surface area contributed by atoms with Gasteiger partial charge in [0.2, 0.25) is 0 Å². The second-order valence-electron chi connectivity index (χ2n) is 8.86. The van der Waals surface area contributed by atoms with Gasteiger partial charge >= 0.3 is 0 Å². The SMILES string of the molecule is CN1CCN(c2cccc3c(=O)cc(C(=O)Nc4ccc(C(=O)N5CCOCC5)cc4)oc23)CC1. The number of likely N-dealkylation sites (N-methyl/N-ethyl adjacent to an activating group) is 1. The highest BCUT2D eigenvalue weighted by atomic mass is 16.5. The van der Waals surface area contributed by atoms with Gasteiger partial charge in [0.15, 0.2) is 16.8 Å². The van der Waals surface area contributed by atoms with Crippen LogP contribution in [0, 0.1) is 0 Å². The quantitative estimate of drug-likeness (QED) is 0.617. The average Bonchev–Trinajstić information content (AvgIpc) is 2.89. The number of carbonyl (C=O) groups is 2. The Morgan fingerprint density at radius 2 is 1.63 bits per heavy atom. The second kappa shape index (κ2) is 9.89. The van der Waals surface area contributed by atoms with Crippen LogP contribution in [0.25, 0.3) is 11.0 Å². The summed E-state index contributed by atoms with van der Waals surface area (Å²) in [5.74, 6) is -0.648. The lowest BCUT2D eigenvalue weighted by molar-refractivity contribution is 0.0303. The lowest BCUT2D eigenvalue weighted by atomic mass is 10.1. The second-order valence-corrected chi connectivity index (χ2v) is 8.86. The molecule has 2 saturated heterocycles. The number of piperazine rings is 1. The van der Waals surface area contributed by atoms with Gasteiger partial charge in [0.05, 0.1) is 24.3 Å². The van der Waals surface area contributed by atoms with Crippen LogP contribution in [0.1, 0.15) is 20.9 Å². The number of hydrogen-bond acceptors (Lipinski definition) is 7. The fraction of sp³-hybridized carbons (Fsp3) is 0.346. The maximum atomic E-state index is 13.0. The number of nitrogens with one attached hydrogen (secondary N) is 1. The van der Waals surface area contributed by atoms with Crippen molar-refractivity contribution in [1.29, 1.82) is 0 Å². The van der Waals surface area contributed by atoms with E-state index < -0.39 is 5.91 Å². The first-order valence-corrected chi connectivity index (χ1v) is 11.8. The Kier molecular flexibility index (Phi) is 6.52. The van der Waals surface area contributed by atoms with Gasteiger partial charge in [0, 0.05) is 56.6 Å². The first kappa shape index (κ1) is 23.1. The first-order valence-electron chi connectivity index (χ1n) is 11.8. The maximum Gasteiger partial charge on any atom is 0.291 e. The zero-order valence-corrected chi connectivity index (χ0v) is 19.7. The Labute approximate surface area is 202 Å². The number of morpholine rings is 1. The van der Waals surface area contributed by atoms with Crippen molar-refractivity contribution < 1.29 is 18.7 Å². The van der Waals surface area contributed by atoms with E-state index in [2.05, 4.69) is 22.2 Å². The monoisotopic (exact) mass is 476 g/mol. The number of benzene rings is 2. The Morgan fingerprint density at radius 1 is 0.914 bits per heavy atom. The van der Waals surface area contributed by atoms with Gasteiger partial charge in [0.1, 0.15) is 0 Å². The zero-order valence-electron chi connectivity index (χ0n) is 19.7. The molecule has 0 aliphatic carbocycles. The fourth-order valence-electron chi connectivity index (χ4n) is 4.41. The predicted molar refractivity (Wildman–Crippen MR) is 133 cm³/mol. The third-order valence-corrected chi connectivity index (χ3v) is 6.49. The summed E-state index contributed by atoms with van der Waals surface area (Å²) in [6.45, 7) is 5.63. The summed E-state index contributed by atoms with van der Waals surface area (Å²) in [4.78, 5) is 44.5. The van der Waals surface area contributed by atoms with Crippen LogP contribution in [0.3, 0.4) is 0 Å². The molecule has 3 heterocycles. The van der Waals surface area contributed by atoms with Crippen LogP contribution in [0.5, 0.6) is 0 Å². The fourth-order valence-corrected chi connectivity index (χ4v) is 4.41. The smallest absolute Gasteiger partial charge is 0.291 e. The lowest BCUT2D eigenvalue weighted by Crippen LogP contribution is -2.44. The molecule has 2 amide bonds. The number of ether oxygens (including phenoxy) is 1. The largest absolute Gasteiger partial charge is 0.448 e. The van der Waals surface area contributed by atoms with Crippen LogP contribution in [0.15, 0.2) is 57.7 Å². The van der Waals surface area contributed by atoms with E-state index in [4.69, 9.17) is 9.15 Å². The van der Waals surface area contributed by atoms with Crippen LogP contribution in [0.4, 0.5) is 11.4 Å². The summed E-state index contributed by atoms with van der Waals surface area (Å²) >= 11 is 0. The number of amides is 2. The summed E-state index contributed by atoms with van der Waals surface area (Å²) in [6, 6.07) is 13.4. The Balaban J connectivity index is 1.35.